The third-order valence-electron chi connectivity index (χ3n) is 7.73. The summed E-state index contributed by atoms with van der Waals surface area (Å²) in [6, 6.07) is 0.384. The minimum atomic E-state index is 0.158. The molecule has 0 bridgehead atoms. The van der Waals surface area contributed by atoms with Crippen molar-refractivity contribution in [3.05, 3.63) is 0 Å². The number of methoxy groups -OCH3 is 1. The van der Waals surface area contributed by atoms with E-state index in [1.807, 2.05) is 0 Å². The molecule has 4 aliphatic heterocycles. The van der Waals surface area contributed by atoms with Crippen molar-refractivity contribution in [3.63, 3.8) is 0 Å². The summed E-state index contributed by atoms with van der Waals surface area (Å²) >= 11 is 0. The van der Waals surface area contributed by atoms with Gasteiger partial charge in [-0.25, -0.2) is 0 Å². The summed E-state index contributed by atoms with van der Waals surface area (Å²) in [5.74, 6) is 1.48. The molecule has 4 saturated heterocycles. The van der Waals surface area contributed by atoms with Gasteiger partial charge in [-0.15, -0.1) is 0 Å². The topological polar surface area (TPSA) is 87.3 Å². The highest BCUT2D eigenvalue weighted by Gasteiger charge is 2.36. The molecule has 0 aromatic heterocycles. The second-order valence-corrected chi connectivity index (χ2v) is 9.81. The molecule has 8 nitrogen and oxygen atoms in total. The fourth-order valence-electron chi connectivity index (χ4n) is 5.97. The molecule has 30 heavy (non-hydrogen) atoms. The van der Waals surface area contributed by atoms with Crippen molar-refractivity contribution >= 4 is 5.91 Å². The fourth-order valence-corrected chi connectivity index (χ4v) is 5.97. The molecule has 0 radical (unpaired) electrons. The van der Waals surface area contributed by atoms with Crippen LogP contribution in [0.1, 0.15) is 44.9 Å². The molecular formula is C22H43N5O3+2. The Kier molecular flexibility index (Phi) is 8.37. The van der Waals surface area contributed by atoms with Crippen LogP contribution >= 0.6 is 0 Å². The van der Waals surface area contributed by atoms with Gasteiger partial charge in [0.2, 0.25) is 5.91 Å². The Morgan fingerprint density at radius 3 is 2.77 bits per heavy atom. The second kappa shape index (κ2) is 11.2. The smallest absolute Gasteiger partial charge is 0.222 e. The molecule has 5 atom stereocenters. The molecule has 5 N–H and O–H groups in total. The number of ether oxygens (including phenoxy) is 1. The van der Waals surface area contributed by atoms with Crippen molar-refractivity contribution in [2.75, 3.05) is 59.5 Å². The fraction of sp³-hybridized carbons (Fsp3) is 0.955. The van der Waals surface area contributed by atoms with Gasteiger partial charge < -0.3 is 20.3 Å². The first-order valence-corrected chi connectivity index (χ1v) is 12.3. The number of quaternary nitrogens is 2. The molecule has 0 aromatic rings. The van der Waals surface area contributed by atoms with E-state index in [2.05, 4.69) is 25.9 Å². The van der Waals surface area contributed by atoms with Gasteiger partial charge in [-0.2, -0.15) is 5.48 Å². The van der Waals surface area contributed by atoms with E-state index < -0.39 is 0 Å². The number of rotatable bonds is 7. The van der Waals surface area contributed by atoms with Crippen LogP contribution in [0.4, 0.5) is 0 Å². The predicted molar refractivity (Wildman–Crippen MR) is 113 cm³/mol. The summed E-state index contributed by atoms with van der Waals surface area (Å²) in [5, 5.41) is 4.93. The Balaban J connectivity index is 1.22. The summed E-state index contributed by atoms with van der Waals surface area (Å²) in [6.45, 7) is 8.09. The van der Waals surface area contributed by atoms with Gasteiger partial charge in [0.15, 0.2) is 0 Å². The van der Waals surface area contributed by atoms with E-state index in [4.69, 9.17) is 9.57 Å². The number of hydroxylamine groups is 1. The number of hydrogen-bond acceptors (Lipinski definition) is 5. The average Bonchev–Trinajstić information content (AvgIpc) is 3.23. The van der Waals surface area contributed by atoms with E-state index in [1.54, 1.807) is 7.11 Å². The normalized spacial score (nSPS) is 36.2. The van der Waals surface area contributed by atoms with Crippen LogP contribution in [0.15, 0.2) is 0 Å². The first kappa shape index (κ1) is 22.4. The lowest BCUT2D eigenvalue weighted by Crippen LogP contribution is -2.95. The molecule has 4 heterocycles. The lowest BCUT2D eigenvalue weighted by molar-refractivity contribution is -0.717. The number of carbonyl (C=O) groups excluding carboxylic acids is 1. The molecule has 0 aliphatic carbocycles. The van der Waals surface area contributed by atoms with E-state index >= 15 is 0 Å². The van der Waals surface area contributed by atoms with Crippen LogP contribution < -0.4 is 16.1 Å². The summed E-state index contributed by atoms with van der Waals surface area (Å²) in [6.07, 6.45) is 8.80. The number of piperidine rings is 2. The third kappa shape index (κ3) is 5.93. The van der Waals surface area contributed by atoms with Crippen LogP contribution in [0, 0.1) is 11.8 Å². The van der Waals surface area contributed by atoms with E-state index in [0.29, 0.717) is 36.6 Å². The lowest BCUT2D eigenvalue weighted by Gasteiger charge is -2.40. The number of piperazine rings is 1. The molecule has 5 unspecified atom stereocenters. The van der Waals surface area contributed by atoms with Gasteiger partial charge in [-0.05, 0) is 31.6 Å². The molecule has 0 aromatic carbocycles. The quantitative estimate of drug-likeness (QED) is 0.462. The molecule has 8 heteroatoms. The first-order valence-electron chi connectivity index (χ1n) is 12.3. The predicted octanol–water partition coefficient (Wildman–Crippen LogP) is -1.51. The summed E-state index contributed by atoms with van der Waals surface area (Å²) in [4.78, 5) is 23.5. The second-order valence-electron chi connectivity index (χ2n) is 9.81. The molecule has 172 valence electrons. The van der Waals surface area contributed by atoms with Gasteiger partial charge in [-0.3, -0.25) is 14.5 Å². The molecule has 0 saturated carbocycles. The van der Waals surface area contributed by atoms with Gasteiger partial charge in [0.25, 0.3) is 0 Å². The first-order chi connectivity index (χ1) is 14.7. The van der Waals surface area contributed by atoms with Crippen LogP contribution in [0.25, 0.3) is 0 Å². The van der Waals surface area contributed by atoms with Crippen molar-refractivity contribution < 1.29 is 25.0 Å². The molecule has 1 amide bonds. The average molecular weight is 426 g/mol. The number of amides is 1. The maximum absolute atomic E-state index is 13.1. The number of hydrogen-bond donors (Lipinski definition) is 3. The highest BCUT2D eigenvalue weighted by atomic mass is 16.7. The Hall–Kier alpha value is -0.770. The van der Waals surface area contributed by atoms with Gasteiger partial charge in [0.1, 0.15) is 12.3 Å². The van der Waals surface area contributed by atoms with Crippen LogP contribution in [0.5, 0.6) is 0 Å². The maximum Gasteiger partial charge on any atom is 0.222 e. The Morgan fingerprint density at radius 1 is 1.13 bits per heavy atom. The van der Waals surface area contributed by atoms with Crippen molar-refractivity contribution in [1.29, 1.82) is 0 Å². The molecule has 4 aliphatic rings. The van der Waals surface area contributed by atoms with E-state index in [1.165, 1.54) is 25.8 Å². The molecule has 4 rings (SSSR count). The molecular weight excluding hydrogens is 382 g/mol. The zero-order chi connectivity index (χ0) is 20.8. The largest absolute Gasteiger partial charge is 0.382 e. The van der Waals surface area contributed by atoms with Crippen LogP contribution in [-0.2, 0) is 14.4 Å². The standard InChI is InChI=1S/C22H41N5O3/c1-29-16-20-14-19(25-30-20)12-18-15-23-7-5-17(18)13-22(28)27-10-8-26(9-11-27)21-4-2-3-6-24-21/h17-21,23-25H,2-16H2,1H3/p+2. The zero-order valence-electron chi connectivity index (χ0n) is 18.8. The highest BCUT2D eigenvalue weighted by molar-refractivity contribution is 5.76. The Morgan fingerprint density at radius 2 is 2.00 bits per heavy atom. The number of nitrogens with one attached hydrogen (secondary N) is 1. The summed E-state index contributed by atoms with van der Waals surface area (Å²) in [5.41, 5.74) is 3.21. The number of carbonyl (C=O) groups is 1. The van der Waals surface area contributed by atoms with Crippen molar-refractivity contribution in [2.24, 2.45) is 11.8 Å². The summed E-state index contributed by atoms with van der Waals surface area (Å²) in [7, 11) is 1.72. The minimum absolute atomic E-state index is 0.158. The van der Waals surface area contributed by atoms with Gasteiger partial charge >= 0.3 is 0 Å². The summed E-state index contributed by atoms with van der Waals surface area (Å²) < 4.78 is 5.22. The SMILES string of the molecule is COCC1CC(CC2C[NH2+]CCC2CC(=O)N2CCN(C3CCCC[NH2+]3)CC2)NO1. The molecule has 4 fully saturated rings. The van der Waals surface area contributed by atoms with Gasteiger partial charge in [-0.1, -0.05) is 0 Å². The van der Waals surface area contributed by atoms with Crippen molar-refractivity contribution in [3.8, 4) is 0 Å². The van der Waals surface area contributed by atoms with Crippen molar-refractivity contribution in [2.45, 2.75) is 63.3 Å². The minimum Gasteiger partial charge on any atom is -0.382 e. The van der Waals surface area contributed by atoms with Crippen LogP contribution in [-0.4, -0.2) is 93.5 Å². The lowest BCUT2D eigenvalue weighted by atomic mass is 9.79. The zero-order valence-corrected chi connectivity index (χ0v) is 18.8. The number of nitrogens with zero attached hydrogens (tertiary/aromatic N) is 2. The highest BCUT2D eigenvalue weighted by Crippen LogP contribution is 2.28. The Bertz CT molecular complexity index is 537. The van der Waals surface area contributed by atoms with E-state index in [-0.39, 0.29) is 6.10 Å². The Labute approximate surface area is 181 Å². The number of nitrogens with two attached hydrogens (primary N) is 2. The monoisotopic (exact) mass is 425 g/mol. The van der Waals surface area contributed by atoms with E-state index in [0.717, 1.165) is 65.0 Å². The van der Waals surface area contributed by atoms with Crippen molar-refractivity contribution in [1.82, 2.24) is 15.3 Å². The third-order valence-corrected chi connectivity index (χ3v) is 7.73. The van der Waals surface area contributed by atoms with Gasteiger partial charge in [0.05, 0.1) is 26.2 Å². The maximum atomic E-state index is 13.1. The van der Waals surface area contributed by atoms with Gasteiger partial charge in [0, 0.05) is 64.5 Å². The molecule has 0 spiro atoms. The van der Waals surface area contributed by atoms with Crippen LogP contribution in [0.3, 0.4) is 0 Å². The van der Waals surface area contributed by atoms with E-state index in [9.17, 15) is 4.79 Å². The van der Waals surface area contributed by atoms with Crippen LogP contribution in [0.2, 0.25) is 0 Å².